The number of ether oxygens (including phenoxy) is 1. The summed E-state index contributed by atoms with van der Waals surface area (Å²) in [6, 6.07) is 7.42. The molecule has 0 spiro atoms. The van der Waals surface area contributed by atoms with Crippen LogP contribution in [0.5, 0.6) is 5.75 Å². The zero-order valence-corrected chi connectivity index (χ0v) is 13.4. The van der Waals surface area contributed by atoms with Crippen LogP contribution in [-0.2, 0) is 6.42 Å². The van der Waals surface area contributed by atoms with Crippen molar-refractivity contribution in [3.8, 4) is 5.75 Å². The fourth-order valence-corrected chi connectivity index (χ4v) is 3.11. The molecule has 0 aliphatic heterocycles. The van der Waals surface area contributed by atoms with Gasteiger partial charge in [-0.25, -0.2) is 0 Å². The van der Waals surface area contributed by atoms with Gasteiger partial charge in [-0.3, -0.25) is 0 Å². The summed E-state index contributed by atoms with van der Waals surface area (Å²) in [5, 5.41) is 3.49. The van der Waals surface area contributed by atoms with Crippen molar-refractivity contribution in [2.45, 2.75) is 38.8 Å². The van der Waals surface area contributed by atoms with E-state index in [0.29, 0.717) is 12.1 Å². The van der Waals surface area contributed by atoms with Crippen molar-refractivity contribution in [2.24, 2.45) is 5.92 Å². The van der Waals surface area contributed by atoms with Gasteiger partial charge in [0.2, 0.25) is 0 Å². The lowest BCUT2D eigenvalue weighted by Crippen LogP contribution is -2.40. The molecule has 1 aromatic carbocycles. The van der Waals surface area contributed by atoms with Gasteiger partial charge in [0.05, 0.1) is 7.11 Å². The average molecular weight is 276 g/mol. The van der Waals surface area contributed by atoms with E-state index >= 15 is 0 Å². The largest absolute Gasteiger partial charge is 0.497 e. The highest BCUT2D eigenvalue weighted by molar-refractivity contribution is 5.42. The minimum atomic E-state index is 0.400. The molecule has 0 radical (unpaired) electrons. The van der Waals surface area contributed by atoms with E-state index in [4.69, 9.17) is 4.74 Å². The van der Waals surface area contributed by atoms with Crippen LogP contribution < -0.4 is 10.1 Å². The molecular formula is C17H28N2O. The Labute approximate surface area is 123 Å². The van der Waals surface area contributed by atoms with Crippen LogP contribution in [0.25, 0.3) is 0 Å². The second kappa shape index (κ2) is 6.59. The van der Waals surface area contributed by atoms with Crippen molar-refractivity contribution >= 4 is 0 Å². The summed E-state index contributed by atoms with van der Waals surface area (Å²) in [7, 11) is 6.04. The molecule has 1 aliphatic rings. The summed E-state index contributed by atoms with van der Waals surface area (Å²) in [5.74, 6) is 1.71. The van der Waals surface area contributed by atoms with Crippen LogP contribution in [0, 0.1) is 5.92 Å². The standard InChI is InChI=1S/C17H28N2O/c1-12(2)8-9-19(4)16-10-13-6-7-14(20-5)11-15(13)17(16)18-3/h6-7,11-12,16-18H,8-10H2,1-5H3. The number of rotatable bonds is 6. The first-order valence-electron chi connectivity index (χ1n) is 7.61. The Balaban J connectivity index is 2.14. The number of hydrogen-bond acceptors (Lipinski definition) is 3. The van der Waals surface area contributed by atoms with Gasteiger partial charge in [-0.15, -0.1) is 0 Å². The molecule has 1 N–H and O–H groups in total. The number of hydrogen-bond donors (Lipinski definition) is 1. The summed E-state index contributed by atoms with van der Waals surface area (Å²) in [6.45, 7) is 5.74. The van der Waals surface area contributed by atoms with Gasteiger partial charge in [0.1, 0.15) is 5.75 Å². The lowest BCUT2D eigenvalue weighted by molar-refractivity contribution is 0.199. The van der Waals surface area contributed by atoms with Crippen LogP contribution in [0.4, 0.5) is 0 Å². The topological polar surface area (TPSA) is 24.5 Å². The van der Waals surface area contributed by atoms with Crippen molar-refractivity contribution in [1.29, 1.82) is 0 Å². The molecule has 20 heavy (non-hydrogen) atoms. The maximum atomic E-state index is 5.37. The maximum absolute atomic E-state index is 5.37. The quantitative estimate of drug-likeness (QED) is 0.864. The monoisotopic (exact) mass is 276 g/mol. The number of fused-ring (bicyclic) bond motifs is 1. The van der Waals surface area contributed by atoms with Gasteiger partial charge in [0.25, 0.3) is 0 Å². The van der Waals surface area contributed by atoms with E-state index in [1.54, 1.807) is 7.11 Å². The minimum absolute atomic E-state index is 0.400. The summed E-state index contributed by atoms with van der Waals surface area (Å²) < 4.78 is 5.37. The van der Waals surface area contributed by atoms with Crippen LogP contribution in [-0.4, -0.2) is 38.7 Å². The molecule has 112 valence electrons. The fourth-order valence-electron chi connectivity index (χ4n) is 3.11. The van der Waals surface area contributed by atoms with Crippen molar-refractivity contribution in [3.05, 3.63) is 29.3 Å². The molecule has 0 saturated carbocycles. The predicted octanol–water partition coefficient (Wildman–Crippen LogP) is 2.86. The van der Waals surface area contributed by atoms with Crippen LogP contribution in [0.2, 0.25) is 0 Å². The second-order valence-electron chi connectivity index (χ2n) is 6.27. The maximum Gasteiger partial charge on any atom is 0.119 e. The van der Waals surface area contributed by atoms with E-state index < -0.39 is 0 Å². The molecule has 3 heteroatoms. The Morgan fingerprint density at radius 1 is 1.40 bits per heavy atom. The van der Waals surface area contributed by atoms with E-state index in [0.717, 1.165) is 24.6 Å². The first kappa shape index (κ1) is 15.3. The van der Waals surface area contributed by atoms with E-state index in [1.165, 1.54) is 17.5 Å². The average Bonchev–Trinajstić information content (AvgIpc) is 2.81. The molecule has 0 fully saturated rings. The molecule has 0 heterocycles. The predicted molar refractivity (Wildman–Crippen MR) is 84.4 cm³/mol. The van der Waals surface area contributed by atoms with Crippen LogP contribution >= 0.6 is 0 Å². The first-order chi connectivity index (χ1) is 9.56. The minimum Gasteiger partial charge on any atom is -0.497 e. The molecule has 2 atom stereocenters. The lowest BCUT2D eigenvalue weighted by atomic mass is 10.1. The van der Waals surface area contributed by atoms with Crippen molar-refractivity contribution < 1.29 is 4.74 Å². The van der Waals surface area contributed by atoms with E-state index in [1.807, 2.05) is 0 Å². The Morgan fingerprint density at radius 2 is 2.15 bits per heavy atom. The highest BCUT2D eigenvalue weighted by Crippen LogP contribution is 2.36. The molecule has 2 unspecified atom stereocenters. The number of methoxy groups -OCH3 is 1. The van der Waals surface area contributed by atoms with E-state index in [-0.39, 0.29) is 0 Å². The van der Waals surface area contributed by atoms with Crippen molar-refractivity contribution in [3.63, 3.8) is 0 Å². The van der Waals surface area contributed by atoms with Gasteiger partial charge in [-0.1, -0.05) is 19.9 Å². The molecule has 0 bridgehead atoms. The number of likely N-dealkylation sites (N-methyl/N-ethyl adjacent to an activating group) is 2. The Morgan fingerprint density at radius 3 is 2.75 bits per heavy atom. The third-order valence-corrected chi connectivity index (χ3v) is 4.44. The Hall–Kier alpha value is -1.06. The van der Waals surface area contributed by atoms with Gasteiger partial charge in [-0.05, 0) is 62.7 Å². The van der Waals surface area contributed by atoms with Crippen molar-refractivity contribution in [1.82, 2.24) is 10.2 Å². The molecule has 1 aromatic rings. The van der Waals surface area contributed by atoms with Crippen LogP contribution in [0.15, 0.2) is 18.2 Å². The normalized spacial score (nSPS) is 21.6. The fraction of sp³-hybridized carbons (Fsp3) is 0.647. The highest BCUT2D eigenvalue weighted by atomic mass is 16.5. The van der Waals surface area contributed by atoms with E-state index in [2.05, 4.69) is 56.4 Å². The molecule has 2 rings (SSSR count). The van der Waals surface area contributed by atoms with Gasteiger partial charge in [0.15, 0.2) is 0 Å². The summed E-state index contributed by atoms with van der Waals surface area (Å²) in [4.78, 5) is 2.51. The molecule has 0 amide bonds. The number of nitrogens with zero attached hydrogens (tertiary/aromatic N) is 1. The van der Waals surface area contributed by atoms with Gasteiger partial charge in [0, 0.05) is 12.1 Å². The molecule has 3 nitrogen and oxygen atoms in total. The second-order valence-corrected chi connectivity index (χ2v) is 6.27. The van der Waals surface area contributed by atoms with Gasteiger partial charge < -0.3 is 15.0 Å². The highest BCUT2D eigenvalue weighted by Gasteiger charge is 2.34. The molecule has 0 saturated heterocycles. The van der Waals surface area contributed by atoms with E-state index in [9.17, 15) is 0 Å². The van der Waals surface area contributed by atoms with Crippen LogP contribution in [0.1, 0.15) is 37.4 Å². The SMILES string of the molecule is CNC1c2cc(OC)ccc2CC1N(C)CCC(C)C. The Bertz CT molecular complexity index is 445. The smallest absolute Gasteiger partial charge is 0.119 e. The zero-order valence-electron chi connectivity index (χ0n) is 13.4. The molecule has 0 aromatic heterocycles. The molecule has 1 aliphatic carbocycles. The van der Waals surface area contributed by atoms with Gasteiger partial charge >= 0.3 is 0 Å². The lowest BCUT2D eigenvalue weighted by Gasteiger charge is -2.30. The number of benzene rings is 1. The van der Waals surface area contributed by atoms with Gasteiger partial charge in [-0.2, -0.15) is 0 Å². The Kier molecular flexibility index (Phi) is 5.06. The summed E-state index contributed by atoms with van der Waals surface area (Å²) in [5.41, 5.74) is 2.85. The third-order valence-electron chi connectivity index (χ3n) is 4.44. The van der Waals surface area contributed by atoms with Crippen molar-refractivity contribution in [2.75, 3.05) is 27.7 Å². The summed E-state index contributed by atoms with van der Waals surface area (Å²) >= 11 is 0. The third kappa shape index (κ3) is 3.15. The van der Waals surface area contributed by atoms with Crippen LogP contribution in [0.3, 0.4) is 0 Å². The zero-order chi connectivity index (χ0) is 14.7. The molecular weight excluding hydrogens is 248 g/mol. The summed E-state index contributed by atoms with van der Waals surface area (Å²) in [6.07, 6.45) is 2.38. The number of nitrogens with one attached hydrogen (secondary N) is 1. The first-order valence-corrected chi connectivity index (χ1v) is 7.61.